The number of Topliss-reactive ketones (excluding diaryl/α,β-unsaturated/α-hetero) is 3. The minimum atomic E-state index is -2.51. The number of carbonyl (C=O) groups excluding carboxylic acids is 6. The molecule has 0 aromatic rings. The molecule has 1 saturated carbocycles. The molecule has 550 valence electrons. The van der Waals surface area contributed by atoms with E-state index in [1.807, 2.05) is 44.2 Å². The zero-order valence-corrected chi connectivity index (χ0v) is 58.6. The van der Waals surface area contributed by atoms with Gasteiger partial charge in [0.1, 0.15) is 36.2 Å². The number of nitrogens with one attached hydrogen (secondary N) is 1. The van der Waals surface area contributed by atoms with E-state index in [1.165, 1.54) is 14.0 Å². The van der Waals surface area contributed by atoms with Crippen LogP contribution in [0.4, 0.5) is 4.79 Å². The van der Waals surface area contributed by atoms with E-state index in [9.17, 15) is 49.2 Å². The van der Waals surface area contributed by atoms with Gasteiger partial charge in [0.15, 0.2) is 5.78 Å². The number of fused-ring (bicyclic) bond motifs is 3. The third-order valence-electron chi connectivity index (χ3n) is 18.1. The number of methoxy groups -OCH3 is 2. The van der Waals surface area contributed by atoms with Crippen LogP contribution in [0.3, 0.4) is 0 Å². The van der Waals surface area contributed by atoms with Gasteiger partial charge in [-0.2, -0.15) is 0 Å². The van der Waals surface area contributed by atoms with Crippen molar-refractivity contribution in [1.29, 1.82) is 0 Å². The molecule has 7 N–H and O–H groups in total. The Hall–Kier alpha value is -4.46. The third-order valence-corrected chi connectivity index (χ3v) is 18.1. The highest BCUT2D eigenvalue weighted by Crippen LogP contribution is 2.37. The highest BCUT2D eigenvalue weighted by Gasteiger charge is 2.53. The summed E-state index contributed by atoms with van der Waals surface area (Å²) in [5.74, 6) is -8.55. The molecular formula is C70H117N3O23. The van der Waals surface area contributed by atoms with Crippen LogP contribution < -0.4 is 11.1 Å². The minimum absolute atomic E-state index is 0.000383. The van der Waals surface area contributed by atoms with Crippen LogP contribution in [0, 0.1) is 29.6 Å². The Labute approximate surface area is 568 Å². The van der Waals surface area contributed by atoms with Crippen LogP contribution in [0.25, 0.3) is 0 Å². The first-order valence-electron chi connectivity index (χ1n) is 34.6. The maximum absolute atomic E-state index is 14.9. The van der Waals surface area contributed by atoms with E-state index in [4.69, 9.17) is 67.3 Å². The number of alkyl carbamates (subject to hydrolysis) is 1. The van der Waals surface area contributed by atoms with Crippen LogP contribution in [0.1, 0.15) is 132 Å². The van der Waals surface area contributed by atoms with Crippen molar-refractivity contribution in [1.82, 2.24) is 10.2 Å². The Morgan fingerprint density at radius 3 is 1.83 bits per heavy atom. The topological polar surface area (TPSA) is 345 Å². The van der Waals surface area contributed by atoms with Gasteiger partial charge < -0.3 is 98.0 Å². The van der Waals surface area contributed by atoms with Gasteiger partial charge in [-0.05, 0) is 108 Å². The van der Waals surface area contributed by atoms with E-state index in [0.717, 1.165) is 10.5 Å². The molecule has 4 aliphatic rings. The van der Waals surface area contributed by atoms with Crippen molar-refractivity contribution in [2.45, 2.75) is 199 Å². The van der Waals surface area contributed by atoms with Crippen LogP contribution in [0.15, 0.2) is 47.6 Å². The number of hydrogen-bond acceptors (Lipinski definition) is 24. The van der Waals surface area contributed by atoms with Crippen molar-refractivity contribution in [3.63, 3.8) is 0 Å². The largest absolute Gasteiger partial charge is 0.459 e. The number of carbonyl (C=O) groups is 6. The van der Waals surface area contributed by atoms with E-state index in [0.29, 0.717) is 144 Å². The summed E-state index contributed by atoms with van der Waals surface area (Å²) in [5, 5.41) is 48.5. The molecule has 0 spiro atoms. The number of piperidine rings is 1. The Balaban J connectivity index is 1.43. The molecule has 26 heteroatoms. The summed E-state index contributed by atoms with van der Waals surface area (Å²) in [5.41, 5.74) is 8.14. The van der Waals surface area contributed by atoms with Crippen LogP contribution in [0.5, 0.6) is 0 Å². The molecule has 0 unspecified atom stereocenters. The van der Waals surface area contributed by atoms with Gasteiger partial charge in [0.25, 0.3) is 11.7 Å². The number of allylic oxidation sites excluding steroid dienone is 5. The maximum atomic E-state index is 14.9. The van der Waals surface area contributed by atoms with Crippen LogP contribution in [0.2, 0.25) is 0 Å². The van der Waals surface area contributed by atoms with Gasteiger partial charge in [-0.3, -0.25) is 19.2 Å². The number of cyclic esters (lactones) is 1. The second-order valence-electron chi connectivity index (χ2n) is 25.9. The van der Waals surface area contributed by atoms with E-state index in [-0.39, 0.29) is 81.8 Å². The van der Waals surface area contributed by atoms with Crippen LogP contribution in [-0.2, 0) is 85.6 Å². The van der Waals surface area contributed by atoms with Gasteiger partial charge >= 0.3 is 12.1 Å². The Bertz CT molecular complexity index is 2410. The average Bonchev–Trinajstić information content (AvgIpc) is 0.778. The number of aliphatic hydroxyl groups is 4. The second kappa shape index (κ2) is 46.8. The lowest BCUT2D eigenvalue weighted by molar-refractivity contribution is -0.265. The highest BCUT2D eigenvalue weighted by molar-refractivity contribution is 6.39. The van der Waals surface area contributed by atoms with Gasteiger partial charge in [0, 0.05) is 70.4 Å². The molecule has 2 bridgehead atoms. The summed E-state index contributed by atoms with van der Waals surface area (Å²) in [6.45, 7) is 17.7. The number of hydrogen-bond donors (Lipinski definition) is 6. The van der Waals surface area contributed by atoms with Gasteiger partial charge in [-0.25, -0.2) is 9.59 Å². The first-order chi connectivity index (χ1) is 46.0. The second-order valence-corrected chi connectivity index (χ2v) is 25.9. The lowest BCUT2D eigenvalue weighted by Crippen LogP contribution is -2.61. The fourth-order valence-electron chi connectivity index (χ4n) is 12.2. The predicted octanol–water partition coefficient (Wildman–Crippen LogP) is 4.86. The minimum Gasteiger partial charge on any atom is -0.459 e. The predicted molar refractivity (Wildman–Crippen MR) is 354 cm³/mol. The van der Waals surface area contributed by atoms with Crippen molar-refractivity contribution < 1.29 is 111 Å². The van der Waals surface area contributed by atoms with Crippen molar-refractivity contribution in [2.75, 3.05) is 133 Å². The van der Waals surface area contributed by atoms with Crippen molar-refractivity contribution >= 4 is 35.3 Å². The quantitative estimate of drug-likeness (QED) is 0.0221. The molecule has 0 radical (unpaired) electrons. The molecule has 26 nitrogen and oxygen atoms in total. The van der Waals surface area contributed by atoms with Crippen molar-refractivity contribution in [3.8, 4) is 0 Å². The van der Waals surface area contributed by atoms with Gasteiger partial charge in [-0.15, -0.1) is 0 Å². The number of esters is 1. The summed E-state index contributed by atoms with van der Waals surface area (Å²) in [6, 6.07) is -2.20. The molecule has 2 saturated heterocycles. The molecular weight excluding hydrogens is 1250 g/mol. The Morgan fingerprint density at radius 1 is 0.677 bits per heavy atom. The standard InChI is InChI=1S/C70H117N3O23/c1-47-15-11-10-12-16-48(2)59(84-8)45-55-20-18-52(6)70(83,96-55)66(79)67(80)73-24-14-13-17-57(73)68(81)94-61(56(71)43-54-19-21-58(75)62(44-54)85-9)46-60(49(3)42-51(5)64(77)65(78)63(76)50(4)41-47)95-69(82)72-23-26-87-28-30-89-32-34-91-36-38-93-40-39-92-37-35-90-33-31-88-29-27-86-25-22-53(7)74/h10-12,15-16,42,47,49-50,52,54-62,64-65,75,77-78,83H,13-14,17-41,43-46,71H2,1-9H3,(H,72,82)/b12-10?,15-11+,48-16?,51-42+/t47-,49-,50-,52-,54+,55+,56-,57+,58-,59+,60-,61+,62-,64-,65+,70-/m1/s1. The highest BCUT2D eigenvalue weighted by atomic mass is 16.6. The average molecular weight is 1370 g/mol. The van der Waals surface area contributed by atoms with Gasteiger partial charge in [0.05, 0.1) is 130 Å². The number of amides is 2. The molecule has 16 atom stereocenters. The van der Waals surface area contributed by atoms with Gasteiger partial charge in [-0.1, -0.05) is 64.2 Å². The summed E-state index contributed by atoms with van der Waals surface area (Å²) < 4.78 is 74.4. The molecule has 4 rings (SSSR count). The van der Waals surface area contributed by atoms with E-state index < -0.39 is 114 Å². The Kier molecular flexibility index (Phi) is 40.9. The molecule has 1 aliphatic carbocycles. The summed E-state index contributed by atoms with van der Waals surface area (Å²) in [7, 11) is 3.07. The zero-order chi connectivity index (χ0) is 70.4. The fraction of sp³-hybridized carbons (Fsp3) is 0.800. The normalized spacial score (nSPS) is 31.0. The number of nitrogens with two attached hydrogens (primary N) is 1. The van der Waals surface area contributed by atoms with E-state index >= 15 is 0 Å². The number of ether oxygens (including phenoxy) is 13. The lowest BCUT2D eigenvalue weighted by Gasteiger charge is -2.43. The monoisotopic (exact) mass is 1370 g/mol. The van der Waals surface area contributed by atoms with E-state index in [2.05, 4.69) is 5.32 Å². The fourth-order valence-corrected chi connectivity index (χ4v) is 12.2. The van der Waals surface area contributed by atoms with Crippen molar-refractivity contribution in [3.05, 3.63) is 47.6 Å². The van der Waals surface area contributed by atoms with Crippen LogP contribution >= 0.6 is 0 Å². The molecule has 3 fully saturated rings. The molecule has 3 aliphatic heterocycles. The summed E-state index contributed by atoms with van der Waals surface area (Å²) in [6.07, 6.45) is 6.40. The smallest absolute Gasteiger partial charge is 0.407 e. The summed E-state index contributed by atoms with van der Waals surface area (Å²) in [4.78, 5) is 83.6. The maximum Gasteiger partial charge on any atom is 0.407 e. The van der Waals surface area contributed by atoms with Gasteiger partial charge in [0.2, 0.25) is 5.79 Å². The number of rotatable bonds is 33. The van der Waals surface area contributed by atoms with Crippen molar-refractivity contribution in [2.24, 2.45) is 35.3 Å². The lowest BCUT2D eigenvalue weighted by atomic mass is 9.80. The Morgan fingerprint density at radius 2 is 1.26 bits per heavy atom. The number of ketones is 3. The SMILES string of the molecule is CO[C@H]1C[C@@H]2CC[C@@H](C)[C@@](O)(O2)C(=O)C(=O)N2CCCC[C@H]2C(=O)O[C@H]([C@H](N)C[C@@H]2CC[C@@H](O)[C@H](OC)C2)C[C@@H](OC(=O)NCCOCCOCCOCCOCCOCCOCCOCCOCCC(C)=O)[C@H](C)/C=C(\C)[C@@H](O)[C@@H](O)C(=O)[C@H](C)C[C@H](C)/C=C/C=CC=C1C. The zero-order valence-electron chi connectivity index (χ0n) is 58.6. The molecule has 2 amide bonds. The first kappa shape index (κ1) is 84.0. The number of nitrogens with zero attached hydrogens (tertiary/aromatic N) is 1. The molecule has 3 heterocycles. The third kappa shape index (κ3) is 30.6. The van der Waals surface area contributed by atoms with Crippen LogP contribution in [-0.4, -0.2) is 260 Å². The molecule has 96 heavy (non-hydrogen) atoms. The molecule has 0 aromatic heterocycles. The number of aliphatic hydroxyl groups excluding tert-OH is 3. The van der Waals surface area contributed by atoms with E-state index in [1.54, 1.807) is 40.9 Å². The summed E-state index contributed by atoms with van der Waals surface area (Å²) >= 11 is 0. The molecule has 0 aromatic carbocycles. The first-order valence-corrected chi connectivity index (χ1v) is 34.6.